The van der Waals surface area contributed by atoms with Crippen LogP contribution in [-0.4, -0.2) is 10.9 Å². The summed E-state index contributed by atoms with van der Waals surface area (Å²) in [7, 11) is 0. The molecule has 5 N–H and O–H groups in total. The molecule has 0 spiro atoms. The first kappa shape index (κ1) is 12.3. The van der Waals surface area contributed by atoms with Crippen LogP contribution in [0.2, 0.25) is 0 Å². The van der Waals surface area contributed by atoms with Crippen molar-refractivity contribution in [3.05, 3.63) is 50.6 Å². The summed E-state index contributed by atoms with van der Waals surface area (Å²) in [4.78, 5) is 25.3. The minimum Gasteiger partial charge on any atom is -0.346 e. The second-order valence-electron chi connectivity index (χ2n) is 3.55. The van der Waals surface area contributed by atoms with Gasteiger partial charge < -0.3 is 15.7 Å². The molecule has 0 fully saturated rings. The van der Waals surface area contributed by atoms with E-state index >= 15 is 0 Å². The summed E-state index contributed by atoms with van der Waals surface area (Å²) < 4.78 is 0. The third kappa shape index (κ3) is 2.76. The van der Waals surface area contributed by atoms with Crippen molar-refractivity contribution in [2.75, 3.05) is 5.43 Å². The van der Waals surface area contributed by atoms with Gasteiger partial charge in [0, 0.05) is 11.1 Å². The van der Waals surface area contributed by atoms with E-state index in [1.54, 1.807) is 29.6 Å². The van der Waals surface area contributed by atoms with Gasteiger partial charge in [0.15, 0.2) is 0 Å². The fourth-order valence-corrected chi connectivity index (χ4v) is 2.06. The summed E-state index contributed by atoms with van der Waals surface area (Å²) in [6.45, 7) is 0.274. The van der Waals surface area contributed by atoms with Crippen molar-refractivity contribution in [1.29, 1.82) is 0 Å². The minimum absolute atomic E-state index is 0.136. The van der Waals surface area contributed by atoms with Crippen LogP contribution < -0.4 is 21.5 Å². The fourth-order valence-electron chi connectivity index (χ4n) is 1.48. The Hall–Kier alpha value is -2.12. The zero-order valence-corrected chi connectivity index (χ0v) is 10.2. The number of hydrogen-bond acceptors (Lipinski definition) is 5. The predicted molar refractivity (Wildman–Crippen MR) is 70.4 cm³/mol. The summed E-state index contributed by atoms with van der Waals surface area (Å²) >= 11 is 1.06. The molecule has 0 bridgehead atoms. The molecule has 94 valence electrons. The van der Waals surface area contributed by atoms with E-state index in [0.717, 1.165) is 11.3 Å². The molecule has 0 saturated carbocycles. The van der Waals surface area contributed by atoms with Gasteiger partial charge in [0.25, 0.3) is 5.91 Å². The predicted octanol–water partition coefficient (Wildman–Crippen LogP) is 0.652. The molecule has 0 aliphatic heterocycles. The van der Waals surface area contributed by atoms with Crippen molar-refractivity contribution in [2.45, 2.75) is 6.54 Å². The average molecular weight is 264 g/mol. The first-order valence-corrected chi connectivity index (χ1v) is 6.09. The summed E-state index contributed by atoms with van der Waals surface area (Å²) in [5, 5.41) is 4.38. The van der Waals surface area contributed by atoms with E-state index in [-0.39, 0.29) is 17.3 Å². The number of carbonyl (C=O) groups is 1. The lowest BCUT2D eigenvalue weighted by Crippen LogP contribution is -2.25. The second kappa shape index (κ2) is 5.48. The molecule has 1 aromatic heterocycles. The molecular formula is C11H12N4O2S. The zero-order valence-electron chi connectivity index (χ0n) is 9.40. The summed E-state index contributed by atoms with van der Waals surface area (Å²) in [5.41, 5.74) is 4.15. The molecule has 1 heterocycles. The van der Waals surface area contributed by atoms with Crippen LogP contribution in [0, 0.1) is 0 Å². The molecular weight excluding hydrogens is 252 g/mol. The van der Waals surface area contributed by atoms with Crippen LogP contribution in [0.15, 0.2) is 34.4 Å². The molecule has 1 aromatic carbocycles. The van der Waals surface area contributed by atoms with Crippen LogP contribution in [0.5, 0.6) is 0 Å². The molecule has 0 unspecified atom stereocenters. The molecule has 7 heteroatoms. The highest BCUT2D eigenvalue weighted by atomic mass is 32.1. The van der Waals surface area contributed by atoms with Crippen molar-refractivity contribution in [1.82, 2.24) is 10.3 Å². The molecule has 0 aliphatic rings. The van der Waals surface area contributed by atoms with Gasteiger partial charge in [-0.1, -0.05) is 23.5 Å². The van der Waals surface area contributed by atoms with Crippen molar-refractivity contribution >= 4 is 22.9 Å². The van der Waals surface area contributed by atoms with Crippen LogP contribution in [0.4, 0.5) is 5.69 Å². The standard InChI is InChI=1S/C11H12N4O2S/c12-15-9-4-2-1-3-8(9)10(16)13-5-7-6-18-11(17)14-7/h1-4,6,15H,5,12H2,(H,13,16)(H,14,17). The van der Waals surface area contributed by atoms with Gasteiger partial charge in [-0.3, -0.25) is 15.4 Å². The Kier molecular flexibility index (Phi) is 3.75. The number of para-hydroxylation sites is 1. The highest BCUT2D eigenvalue weighted by molar-refractivity contribution is 7.07. The number of aromatic nitrogens is 1. The first-order chi connectivity index (χ1) is 8.70. The molecule has 6 nitrogen and oxygen atoms in total. The van der Waals surface area contributed by atoms with E-state index in [1.165, 1.54) is 0 Å². The number of nitrogen functional groups attached to an aromatic ring is 1. The number of hydrazine groups is 1. The highest BCUT2D eigenvalue weighted by Crippen LogP contribution is 2.13. The number of anilines is 1. The summed E-state index contributed by atoms with van der Waals surface area (Å²) in [6, 6.07) is 6.91. The number of thiazole rings is 1. The SMILES string of the molecule is NNc1ccccc1C(=O)NCc1csc(=O)[nH]1. The van der Waals surface area contributed by atoms with Gasteiger partial charge in [0.05, 0.1) is 17.8 Å². The third-order valence-electron chi connectivity index (χ3n) is 2.34. The lowest BCUT2D eigenvalue weighted by molar-refractivity contribution is 0.0951. The van der Waals surface area contributed by atoms with Gasteiger partial charge in [-0.25, -0.2) is 0 Å². The van der Waals surface area contributed by atoms with Crippen LogP contribution >= 0.6 is 11.3 Å². The van der Waals surface area contributed by atoms with Gasteiger partial charge in [0.2, 0.25) is 0 Å². The minimum atomic E-state index is -0.254. The maximum atomic E-state index is 11.9. The summed E-state index contributed by atoms with van der Waals surface area (Å²) in [5.74, 6) is 5.07. The van der Waals surface area contributed by atoms with Crippen molar-refractivity contribution in [3.63, 3.8) is 0 Å². The highest BCUT2D eigenvalue weighted by Gasteiger charge is 2.09. The Balaban J connectivity index is 2.05. The Morgan fingerprint density at radius 2 is 2.17 bits per heavy atom. The number of nitrogens with one attached hydrogen (secondary N) is 3. The van der Waals surface area contributed by atoms with Gasteiger partial charge in [-0.2, -0.15) is 0 Å². The van der Waals surface area contributed by atoms with E-state index in [2.05, 4.69) is 15.7 Å². The Bertz CT molecular complexity index is 605. The number of rotatable bonds is 4. The topological polar surface area (TPSA) is 100 Å². The maximum absolute atomic E-state index is 11.9. The molecule has 1 amide bonds. The fraction of sp³-hybridized carbons (Fsp3) is 0.0909. The smallest absolute Gasteiger partial charge is 0.304 e. The number of nitrogens with two attached hydrogens (primary N) is 1. The van der Waals surface area contributed by atoms with E-state index in [1.807, 2.05) is 0 Å². The second-order valence-corrected chi connectivity index (χ2v) is 4.39. The number of benzene rings is 1. The number of amides is 1. The van der Waals surface area contributed by atoms with E-state index in [4.69, 9.17) is 5.84 Å². The molecule has 0 aliphatic carbocycles. The monoisotopic (exact) mass is 264 g/mol. The maximum Gasteiger partial charge on any atom is 0.304 e. The van der Waals surface area contributed by atoms with Gasteiger partial charge in [-0.05, 0) is 12.1 Å². The number of H-pyrrole nitrogens is 1. The lowest BCUT2D eigenvalue weighted by Gasteiger charge is -2.08. The largest absolute Gasteiger partial charge is 0.346 e. The molecule has 0 atom stereocenters. The Morgan fingerprint density at radius 3 is 2.83 bits per heavy atom. The van der Waals surface area contributed by atoms with Crippen LogP contribution in [0.25, 0.3) is 0 Å². The molecule has 18 heavy (non-hydrogen) atoms. The quantitative estimate of drug-likeness (QED) is 0.481. The number of aromatic amines is 1. The summed E-state index contributed by atoms with van der Waals surface area (Å²) in [6.07, 6.45) is 0. The average Bonchev–Trinajstić information content (AvgIpc) is 2.81. The Labute approximate surface area is 107 Å². The Morgan fingerprint density at radius 1 is 1.39 bits per heavy atom. The van der Waals surface area contributed by atoms with Gasteiger partial charge in [0.1, 0.15) is 0 Å². The molecule has 2 aromatic rings. The van der Waals surface area contributed by atoms with Gasteiger partial charge >= 0.3 is 4.87 Å². The van der Waals surface area contributed by atoms with Crippen LogP contribution in [0.3, 0.4) is 0 Å². The van der Waals surface area contributed by atoms with Crippen LogP contribution in [-0.2, 0) is 6.54 Å². The van der Waals surface area contributed by atoms with E-state index in [0.29, 0.717) is 16.9 Å². The zero-order chi connectivity index (χ0) is 13.0. The van der Waals surface area contributed by atoms with E-state index in [9.17, 15) is 9.59 Å². The van der Waals surface area contributed by atoms with Gasteiger partial charge in [-0.15, -0.1) is 0 Å². The molecule has 0 radical (unpaired) electrons. The third-order valence-corrected chi connectivity index (χ3v) is 3.06. The lowest BCUT2D eigenvalue weighted by atomic mass is 10.1. The van der Waals surface area contributed by atoms with Crippen LogP contribution in [0.1, 0.15) is 16.1 Å². The molecule has 0 saturated heterocycles. The first-order valence-electron chi connectivity index (χ1n) is 5.21. The normalized spacial score (nSPS) is 10.1. The van der Waals surface area contributed by atoms with Crippen molar-refractivity contribution in [3.8, 4) is 0 Å². The van der Waals surface area contributed by atoms with E-state index < -0.39 is 0 Å². The number of carbonyl (C=O) groups excluding carboxylic acids is 1. The molecule has 2 rings (SSSR count). The van der Waals surface area contributed by atoms with Crippen molar-refractivity contribution < 1.29 is 4.79 Å². The van der Waals surface area contributed by atoms with Crippen molar-refractivity contribution in [2.24, 2.45) is 5.84 Å². The number of hydrogen-bond donors (Lipinski definition) is 4.